The maximum absolute atomic E-state index is 13.4. The fraction of sp³-hybridized carbons (Fsp3) is 0.533. The second-order valence-electron chi connectivity index (χ2n) is 5.11. The summed E-state index contributed by atoms with van der Waals surface area (Å²) in [5.74, 6) is -0.709. The van der Waals surface area contributed by atoms with Gasteiger partial charge in [-0.05, 0) is 18.9 Å². The number of ether oxygens (including phenoxy) is 1. The van der Waals surface area contributed by atoms with Gasteiger partial charge in [0.05, 0.1) is 18.8 Å². The smallest absolute Gasteiger partial charge is 0.234 e. The molecule has 0 aliphatic carbocycles. The Bertz CT molecular complexity index is 464. The van der Waals surface area contributed by atoms with Crippen molar-refractivity contribution in [2.45, 2.75) is 25.0 Å². The van der Waals surface area contributed by atoms with Crippen LogP contribution in [0.2, 0.25) is 0 Å². The van der Waals surface area contributed by atoms with Crippen LogP contribution >= 0.6 is 0 Å². The van der Waals surface area contributed by atoms with Gasteiger partial charge in [0.15, 0.2) is 0 Å². The first kappa shape index (κ1) is 15.9. The minimum Gasteiger partial charge on any atom is -0.386 e. The van der Waals surface area contributed by atoms with Crippen molar-refractivity contribution in [3.8, 4) is 0 Å². The van der Waals surface area contributed by atoms with Crippen molar-refractivity contribution in [3.63, 3.8) is 0 Å². The fourth-order valence-corrected chi connectivity index (χ4v) is 2.28. The Kier molecular flexibility index (Phi) is 6.10. The van der Waals surface area contributed by atoms with Crippen molar-refractivity contribution in [3.05, 3.63) is 35.6 Å². The lowest BCUT2D eigenvalue weighted by Crippen LogP contribution is -2.38. The highest BCUT2D eigenvalue weighted by atomic mass is 19.1. The molecular weight excluding hydrogens is 275 g/mol. The van der Waals surface area contributed by atoms with Crippen LogP contribution in [0.1, 0.15) is 24.5 Å². The molecule has 1 aromatic carbocycles. The van der Waals surface area contributed by atoms with Crippen LogP contribution < -0.4 is 10.6 Å². The summed E-state index contributed by atoms with van der Waals surface area (Å²) in [6, 6.07) is 5.98. The molecule has 2 atom stereocenters. The molecule has 116 valence electrons. The molecule has 0 unspecified atom stereocenters. The molecule has 2 rings (SSSR count). The molecule has 0 radical (unpaired) electrons. The molecule has 0 bridgehead atoms. The third-order valence-electron chi connectivity index (χ3n) is 3.44. The highest BCUT2D eigenvalue weighted by Gasteiger charge is 2.16. The second kappa shape index (κ2) is 8.07. The largest absolute Gasteiger partial charge is 0.386 e. The minimum absolute atomic E-state index is 0.0125. The Morgan fingerprint density at radius 3 is 3.00 bits per heavy atom. The number of rotatable bonds is 7. The molecule has 3 N–H and O–H groups in total. The lowest BCUT2D eigenvalue weighted by Gasteiger charge is -2.14. The number of hydrogen-bond acceptors (Lipinski definition) is 4. The number of nitrogens with one attached hydrogen (secondary N) is 2. The van der Waals surface area contributed by atoms with Gasteiger partial charge in [-0.25, -0.2) is 4.39 Å². The summed E-state index contributed by atoms with van der Waals surface area (Å²) in [7, 11) is 0. The van der Waals surface area contributed by atoms with Crippen LogP contribution in [0.25, 0.3) is 0 Å². The number of hydrogen-bond donors (Lipinski definition) is 3. The zero-order chi connectivity index (χ0) is 15.1. The molecule has 0 spiro atoms. The van der Waals surface area contributed by atoms with Crippen molar-refractivity contribution in [1.29, 1.82) is 0 Å². The summed E-state index contributed by atoms with van der Waals surface area (Å²) < 4.78 is 18.9. The first-order chi connectivity index (χ1) is 10.2. The zero-order valence-electron chi connectivity index (χ0n) is 11.8. The van der Waals surface area contributed by atoms with E-state index >= 15 is 0 Å². The average molecular weight is 296 g/mol. The van der Waals surface area contributed by atoms with E-state index in [1.165, 1.54) is 12.1 Å². The maximum Gasteiger partial charge on any atom is 0.234 e. The number of halogens is 1. The third-order valence-corrected chi connectivity index (χ3v) is 3.44. The number of carbonyl (C=O) groups excluding carboxylic acids is 1. The molecule has 0 saturated carbocycles. The Morgan fingerprint density at radius 1 is 1.48 bits per heavy atom. The quantitative estimate of drug-likeness (QED) is 0.694. The lowest BCUT2D eigenvalue weighted by molar-refractivity contribution is -0.120. The topological polar surface area (TPSA) is 70.6 Å². The normalized spacial score (nSPS) is 19.4. The van der Waals surface area contributed by atoms with E-state index in [9.17, 15) is 14.3 Å². The number of aliphatic hydroxyl groups excluding tert-OH is 1. The summed E-state index contributed by atoms with van der Waals surface area (Å²) >= 11 is 0. The molecule has 1 amide bonds. The van der Waals surface area contributed by atoms with Gasteiger partial charge in [-0.3, -0.25) is 4.79 Å². The van der Waals surface area contributed by atoms with E-state index in [1.807, 2.05) is 0 Å². The lowest BCUT2D eigenvalue weighted by atomic mass is 10.1. The van der Waals surface area contributed by atoms with Gasteiger partial charge in [0.2, 0.25) is 5.91 Å². The van der Waals surface area contributed by atoms with E-state index in [0.29, 0.717) is 6.54 Å². The van der Waals surface area contributed by atoms with E-state index in [1.54, 1.807) is 12.1 Å². The van der Waals surface area contributed by atoms with Crippen molar-refractivity contribution in [1.82, 2.24) is 10.6 Å². The van der Waals surface area contributed by atoms with Crippen molar-refractivity contribution >= 4 is 5.91 Å². The van der Waals surface area contributed by atoms with Gasteiger partial charge in [0, 0.05) is 25.3 Å². The summed E-state index contributed by atoms with van der Waals surface area (Å²) in [6.45, 7) is 1.57. The SMILES string of the molecule is O=C(CNC[C@@H]1CCCO1)NC[C@@H](O)c1ccccc1F. The highest BCUT2D eigenvalue weighted by molar-refractivity contribution is 5.78. The van der Waals surface area contributed by atoms with E-state index in [2.05, 4.69) is 10.6 Å². The Hall–Kier alpha value is -1.50. The predicted octanol–water partition coefficient (Wildman–Crippen LogP) is 0.744. The van der Waals surface area contributed by atoms with Gasteiger partial charge in [-0.15, -0.1) is 0 Å². The molecule has 1 aliphatic heterocycles. The number of amides is 1. The van der Waals surface area contributed by atoms with E-state index in [0.717, 1.165) is 19.4 Å². The molecule has 1 heterocycles. The summed E-state index contributed by atoms with van der Waals surface area (Å²) in [5.41, 5.74) is 0.185. The molecule has 21 heavy (non-hydrogen) atoms. The van der Waals surface area contributed by atoms with Crippen LogP contribution in [0.3, 0.4) is 0 Å². The maximum atomic E-state index is 13.4. The standard InChI is InChI=1S/C15H21FN2O3/c16-13-6-2-1-5-12(13)14(19)9-18-15(20)10-17-8-11-4-3-7-21-11/h1-2,5-6,11,14,17,19H,3-4,7-10H2,(H,18,20)/t11-,14+/m0/s1. The fourth-order valence-electron chi connectivity index (χ4n) is 2.28. The van der Waals surface area contributed by atoms with Crippen LogP contribution in [0.5, 0.6) is 0 Å². The van der Waals surface area contributed by atoms with Crippen molar-refractivity contribution < 1.29 is 19.0 Å². The Morgan fingerprint density at radius 2 is 2.29 bits per heavy atom. The second-order valence-corrected chi connectivity index (χ2v) is 5.11. The average Bonchev–Trinajstić information content (AvgIpc) is 2.98. The Balaban J connectivity index is 1.65. The van der Waals surface area contributed by atoms with Gasteiger partial charge in [0.25, 0.3) is 0 Å². The van der Waals surface area contributed by atoms with Gasteiger partial charge in [-0.2, -0.15) is 0 Å². The monoisotopic (exact) mass is 296 g/mol. The van der Waals surface area contributed by atoms with Crippen LogP contribution in [0, 0.1) is 5.82 Å². The number of carbonyl (C=O) groups is 1. The molecule has 1 aromatic rings. The minimum atomic E-state index is -1.05. The van der Waals surface area contributed by atoms with Crippen LogP contribution in [0.4, 0.5) is 4.39 Å². The van der Waals surface area contributed by atoms with Crippen molar-refractivity contribution in [2.75, 3.05) is 26.2 Å². The molecule has 0 aromatic heterocycles. The number of aliphatic hydroxyl groups is 1. The summed E-state index contributed by atoms with van der Waals surface area (Å²) in [6.07, 6.45) is 1.21. The summed E-state index contributed by atoms with van der Waals surface area (Å²) in [5, 5.41) is 15.4. The van der Waals surface area contributed by atoms with Crippen LogP contribution in [-0.4, -0.2) is 43.4 Å². The highest BCUT2D eigenvalue weighted by Crippen LogP contribution is 2.15. The Labute approximate surface area is 123 Å². The first-order valence-electron chi connectivity index (χ1n) is 7.18. The third kappa shape index (κ3) is 5.08. The molecule has 1 saturated heterocycles. The van der Waals surface area contributed by atoms with Gasteiger partial charge in [0.1, 0.15) is 5.82 Å². The predicted molar refractivity (Wildman–Crippen MR) is 76.2 cm³/mol. The van der Waals surface area contributed by atoms with E-state index in [-0.39, 0.29) is 30.7 Å². The van der Waals surface area contributed by atoms with Crippen LogP contribution in [0.15, 0.2) is 24.3 Å². The first-order valence-corrected chi connectivity index (χ1v) is 7.18. The number of benzene rings is 1. The molecule has 6 heteroatoms. The molecule has 1 aliphatic rings. The molecular formula is C15H21FN2O3. The van der Waals surface area contributed by atoms with Gasteiger partial charge < -0.3 is 20.5 Å². The van der Waals surface area contributed by atoms with Crippen LogP contribution in [-0.2, 0) is 9.53 Å². The zero-order valence-corrected chi connectivity index (χ0v) is 11.8. The molecule has 1 fully saturated rings. The van der Waals surface area contributed by atoms with Gasteiger partial charge in [-0.1, -0.05) is 18.2 Å². The van der Waals surface area contributed by atoms with E-state index < -0.39 is 11.9 Å². The van der Waals surface area contributed by atoms with Gasteiger partial charge >= 0.3 is 0 Å². The molecule has 5 nitrogen and oxygen atoms in total. The van der Waals surface area contributed by atoms with Crippen molar-refractivity contribution in [2.24, 2.45) is 0 Å². The van der Waals surface area contributed by atoms with E-state index in [4.69, 9.17) is 4.74 Å². The summed E-state index contributed by atoms with van der Waals surface area (Å²) in [4.78, 5) is 11.6.